The molecule has 0 aliphatic carbocycles. The van der Waals surface area contributed by atoms with Gasteiger partial charge in [0.15, 0.2) is 11.6 Å². The largest absolute Gasteiger partial charge is 0.491 e. The van der Waals surface area contributed by atoms with E-state index in [0.717, 1.165) is 12.1 Å². The van der Waals surface area contributed by atoms with Gasteiger partial charge in [0.05, 0.1) is 25.3 Å². The van der Waals surface area contributed by atoms with Crippen LogP contribution in [-0.2, 0) is 0 Å². The number of anilines is 1. The highest BCUT2D eigenvalue weighted by atomic mass is 19.4. The Balaban J connectivity index is 2.71. The maximum absolute atomic E-state index is 13.4. The molecule has 0 radical (unpaired) electrons. The molecule has 1 rings (SSSR count). The number of rotatable bonds is 6. The molecule has 7 heteroatoms. The van der Waals surface area contributed by atoms with Crippen molar-refractivity contribution in [2.45, 2.75) is 25.9 Å². The smallest absolute Gasteiger partial charge is 0.392 e. The zero-order valence-corrected chi connectivity index (χ0v) is 10.4. The highest BCUT2D eigenvalue weighted by Crippen LogP contribution is 2.31. The van der Waals surface area contributed by atoms with Crippen LogP contribution in [-0.4, -0.2) is 19.4 Å². The van der Waals surface area contributed by atoms with Crippen molar-refractivity contribution >= 4 is 5.69 Å². The molecule has 1 aromatic carbocycles. The molecule has 0 heterocycles. The van der Waals surface area contributed by atoms with Crippen LogP contribution in [0.3, 0.4) is 0 Å². The van der Waals surface area contributed by atoms with E-state index in [0.29, 0.717) is 13.0 Å². The van der Waals surface area contributed by atoms with Crippen LogP contribution in [0.2, 0.25) is 0 Å². The standard InChI is InChI=1S/C12H15F4NO2/c1-2-4-18-10-7-11(9(17)6-8(10)13)19-5-3-12(14,15)16/h6-7H,2-5,17H2,1H3. The lowest BCUT2D eigenvalue weighted by Gasteiger charge is -2.13. The summed E-state index contributed by atoms with van der Waals surface area (Å²) >= 11 is 0. The quantitative estimate of drug-likeness (QED) is 0.641. The third kappa shape index (κ3) is 5.23. The van der Waals surface area contributed by atoms with Gasteiger partial charge >= 0.3 is 6.18 Å². The molecule has 3 nitrogen and oxygen atoms in total. The predicted molar refractivity (Wildman–Crippen MR) is 62.8 cm³/mol. The van der Waals surface area contributed by atoms with Crippen molar-refractivity contribution in [3.05, 3.63) is 17.9 Å². The molecule has 1 aromatic rings. The minimum Gasteiger partial charge on any atom is -0.491 e. The van der Waals surface area contributed by atoms with Crippen molar-refractivity contribution in [3.63, 3.8) is 0 Å². The van der Waals surface area contributed by atoms with Gasteiger partial charge in [0.25, 0.3) is 0 Å². The summed E-state index contributed by atoms with van der Waals surface area (Å²) in [5, 5.41) is 0. The lowest BCUT2D eigenvalue weighted by molar-refractivity contribution is -0.139. The van der Waals surface area contributed by atoms with Crippen molar-refractivity contribution in [2.24, 2.45) is 0 Å². The molecule has 0 saturated heterocycles. The molecule has 0 amide bonds. The summed E-state index contributed by atoms with van der Waals surface area (Å²) in [6.07, 6.45) is -4.74. The fourth-order valence-electron chi connectivity index (χ4n) is 1.27. The Hall–Kier alpha value is -1.66. The minimum absolute atomic E-state index is 0.0169. The summed E-state index contributed by atoms with van der Waals surface area (Å²) in [6.45, 7) is 1.56. The summed E-state index contributed by atoms with van der Waals surface area (Å²) in [5.41, 5.74) is 5.40. The van der Waals surface area contributed by atoms with Gasteiger partial charge in [-0.05, 0) is 6.42 Å². The Morgan fingerprint density at radius 3 is 2.32 bits per heavy atom. The molecule has 0 unspecified atom stereocenters. The third-order valence-corrected chi connectivity index (χ3v) is 2.17. The molecule has 0 aliphatic rings. The zero-order chi connectivity index (χ0) is 14.5. The Kier molecular flexibility index (Phi) is 5.26. The molecule has 0 aromatic heterocycles. The van der Waals surface area contributed by atoms with Crippen LogP contribution < -0.4 is 15.2 Å². The highest BCUT2D eigenvalue weighted by molar-refractivity contribution is 5.56. The van der Waals surface area contributed by atoms with E-state index in [1.54, 1.807) is 0 Å². The number of benzene rings is 1. The van der Waals surface area contributed by atoms with Gasteiger partial charge < -0.3 is 15.2 Å². The number of halogens is 4. The Labute approximate surface area is 108 Å². The van der Waals surface area contributed by atoms with Gasteiger partial charge in [0.1, 0.15) is 5.75 Å². The van der Waals surface area contributed by atoms with Crippen LogP contribution in [0.25, 0.3) is 0 Å². The topological polar surface area (TPSA) is 44.5 Å². The van der Waals surface area contributed by atoms with Gasteiger partial charge in [0, 0.05) is 12.1 Å². The first-order chi connectivity index (χ1) is 8.83. The molecular formula is C12H15F4NO2. The van der Waals surface area contributed by atoms with Crippen LogP contribution in [0.1, 0.15) is 19.8 Å². The number of hydrogen-bond acceptors (Lipinski definition) is 3. The molecule has 0 spiro atoms. The third-order valence-electron chi connectivity index (χ3n) is 2.17. The van der Waals surface area contributed by atoms with Crippen LogP contribution >= 0.6 is 0 Å². The van der Waals surface area contributed by atoms with Crippen molar-refractivity contribution < 1.29 is 27.0 Å². The van der Waals surface area contributed by atoms with Crippen LogP contribution in [0, 0.1) is 5.82 Å². The van der Waals surface area contributed by atoms with E-state index in [9.17, 15) is 17.6 Å². The van der Waals surface area contributed by atoms with Crippen LogP contribution in [0.5, 0.6) is 11.5 Å². The molecule has 0 bridgehead atoms. The number of nitrogen functional groups attached to an aromatic ring is 1. The van der Waals surface area contributed by atoms with E-state index in [4.69, 9.17) is 15.2 Å². The molecule has 2 N–H and O–H groups in total. The SMILES string of the molecule is CCCOc1cc(OCCC(F)(F)F)c(N)cc1F. The van der Waals surface area contributed by atoms with Crippen molar-refractivity contribution in [2.75, 3.05) is 18.9 Å². The van der Waals surface area contributed by atoms with Crippen LogP contribution in [0.15, 0.2) is 12.1 Å². The minimum atomic E-state index is -4.31. The second-order valence-electron chi connectivity index (χ2n) is 3.88. The summed E-state index contributed by atoms with van der Waals surface area (Å²) in [7, 11) is 0. The van der Waals surface area contributed by atoms with E-state index in [1.165, 1.54) is 0 Å². The van der Waals surface area contributed by atoms with E-state index in [-0.39, 0.29) is 17.2 Å². The fourth-order valence-corrected chi connectivity index (χ4v) is 1.27. The molecule has 0 fully saturated rings. The molecular weight excluding hydrogens is 266 g/mol. The Morgan fingerprint density at radius 2 is 1.74 bits per heavy atom. The average molecular weight is 281 g/mol. The summed E-state index contributed by atoms with van der Waals surface area (Å²) < 4.78 is 59.3. The second kappa shape index (κ2) is 6.49. The van der Waals surface area contributed by atoms with Crippen molar-refractivity contribution in [3.8, 4) is 11.5 Å². The lowest BCUT2D eigenvalue weighted by Crippen LogP contribution is -2.13. The van der Waals surface area contributed by atoms with E-state index >= 15 is 0 Å². The van der Waals surface area contributed by atoms with E-state index in [2.05, 4.69) is 0 Å². The monoisotopic (exact) mass is 281 g/mol. The normalized spacial score (nSPS) is 11.4. The molecule has 0 atom stereocenters. The number of nitrogens with two attached hydrogens (primary N) is 1. The summed E-state index contributed by atoms with van der Waals surface area (Å²) in [4.78, 5) is 0. The maximum atomic E-state index is 13.4. The molecule has 0 aliphatic heterocycles. The first-order valence-electron chi connectivity index (χ1n) is 5.75. The summed E-state index contributed by atoms with van der Waals surface area (Å²) in [6, 6.07) is 2.13. The van der Waals surface area contributed by atoms with Gasteiger partial charge in [-0.2, -0.15) is 13.2 Å². The lowest BCUT2D eigenvalue weighted by atomic mass is 10.2. The van der Waals surface area contributed by atoms with Crippen molar-refractivity contribution in [1.82, 2.24) is 0 Å². The number of hydrogen-bond donors (Lipinski definition) is 1. The van der Waals surface area contributed by atoms with E-state index in [1.807, 2.05) is 6.92 Å². The Bertz CT molecular complexity index is 421. The first kappa shape index (κ1) is 15.4. The summed E-state index contributed by atoms with van der Waals surface area (Å²) in [5.74, 6) is -0.774. The van der Waals surface area contributed by atoms with Gasteiger partial charge in [-0.25, -0.2) is 4.39 Å². The molecule has 19 heavy (non-hydrogen) atoms. The molecule has 0 saturated carbocycles. The van der Waals surface area contributed by atoms with Crippen molar-refractivity contribution in [1.29, 1.82) is 0 Å². The second-order valence-corrected chi connectivity index (χ2v) is 3.88. The Morgan fingerprint density at radius 1 is 1.11 bits per heavy atom. The van der Waals surface area contributed by atoms with Gasteiger partial charge in [-0.3, -0.25) is 0 Å². The maximum Gasteiger partial charge on any atom is 0.392 e. The number of ether oxygens (including phenoxy) is 2. The number of alkyl halides is 3. The first-order valence-corrected chi connectivity index (χ1v) is 5.75. The van der Waals surface area contributed by atoms with Gasteiger partial charge in [0.2, 0.25) is 0 Å². The average Bonchev–Trinajstić information content (AvgIpc) is 2.29. The fraction of sp³-hybridized carbons (Fsp3) is 0.500. The van der Waals surface area contributed by atoms with E-state index < -0.39 is 25.0 Å². The highest BCUT2D eigenvalue weighted by Gasteiger charge is 2.27. The predicted octanol–water partition coefficient (Wildman–Crippen LogP) is 3.53. The van der Waals surface area contributed by atoms with Gasteiger partial charge in [-0.1, -0.05) is 6.92 Å². The zero-order valence-electron chi connectivity index (χ0n) is 10.4. The molecule has 108 valence electrons. The van der Waals surface area contributed by atoms with Crippen LogP contribution in [0.4, 0.5) is 23.2 Å². The van der Waals surface area contributed by atoms with Gasteiger partial charge in [-0.15, -0.1) is 0 Å².